The fourth-order valence-corrected chi connectivity index (χ4v) is 3.15. The summed E-state index contributed by atoms with van der Waals surface area (Å²) in [5, 5.41) is 18.7. The molecule has 2 aromatic carbocycles. The van der Waals surface area contributed by atoms with Crippen molar-refractivity contribution in [3.63, 3.8) is 0 Å². The zero-order chi connectivity index (χ0) is 18.7. The van der Waals surface area contributed by atoms with Crippen molar-refractivity contribution in [1.82, 2.24) is 4.98 Å². The molecule has 3 N–H and O–H groups in total. The minimum Gasteiger partial charge on any atom is -0.384 e. The van der Waals surface area contributed by atoms with E-state index < -0.39 is 5.56 Å². The number of thioether (sulfide) groups is 1. The Hall–Kier alpha value is -3.48. The fraction of sp³-hybridized carbons (Fsp3) is 0.0500. The van der Waals surface area contributed by atoms with Gasteiger partial charge in [-0.3, -0.25) is 4.79 Å². The average Bonchev–Trinajstić information content (AvgIpc) is 2.68. The fourth-order valence-electron chi connectivity index (χ4n) is 2.74. The number of anilines is 1. The third kappa shape index (κ3) is 3.06. The number of H-pyrrole nitrogens is 1. The third-order valence-corrected chi connectivity index (χ3v) is 4.81. The van der Waals surface area contributed by atoms with E-state index in [9.17, 15) is 15.3 Å². The van der Waals surface area contributed by atoms with Crippen LogP contribution in [-0.4, -0.2) is 11.2 Å². The highest BCUT2D eigenvalue weighted by Gasteiger charge is 2.18. The quantitative estimate of drug-likeness (QED) is 0.693. The van der Waals surface area contributed by atoms with Crippen LogP contribution < -0.4 is 11.3 Å². The standard InChI is InChI=1S/C20H14N4OS/c1-26-15-8-6-13(7-9-15)12-2-4-14(5-3-12)18-16(10-21)19(23)24-20(25)17(18)11-22/h2-9H,1H3,(H3,23,24,25). The van der Waals surface area contributed by atoms with Crippen LogP contribution in [0.15, 0.2) is 58.2 Å². The highest BCUT2D eigenvalue weighted by atomic mass is 32.2. The van der Waals surface area contributed by atoms with E-state index in [-0.39, 0.29) is 22.5 Å². The van der Waals surface area contributed by atoms with Gasteiger partial charge >= 0.3 is 0 Å². The third-order valence-electron chi connectivity index (χ3n) is 4.07. The highest BCUT2D eigenvalue weighted by Crippen LogP contribution is 2.30. The van der Waals surface area contributed by atoms with E-state index in [1.807, 2.05) is 54.8 Å². The molecule has 0 saturated heterocycles. The van der Waals surface area contributed by atoms with Crippen molar-refractivity contribution in [2.24, 2.45) is 0 Å². The Morgan fingerprint density at radius 1 is 0.885 bits per heavy atom. The average molecular weight is 358 g/mol. The van der Waals surface area contributed by atoms with Gasteiger partial charge in [-0.15, -0.1) is 11.8 Å². The smallest absolute Gasteiger partial charge is 0.268 e. The summed E-state index contributed by atoms with van der Waals surface area (Å²) >= 11 is 1.68. The molecule has 3 rings (SSSR count). The molecule has 1 heterocycles. The number of hydrogen-bond acceptors (Lipinski definition) is 5. The van der Waals surface area contributed by atoms with Crippen LogP contribution in [0.1, 0.15) is 11.1 Å². The van der Waals surface area contributed by atoms with Gasteiger partial charge in [0.2, 0.25) is 0 Å². The van der Waals surface area contributed by atoms with Crippen molar-refractivity contribution in [2.45, 2.75) is 4.90 Å². The summed E-state index contributed by atoms with van der Waals surface area (Å²) in [5.41, 5.74) is 8.04. The molecular formula is C20H14N4OS. The number of aromatic amines is 1. The maximum absolute atomic E-state index is 12.0. The van der Waals surface area contributed by atoms with E-state index in [1.54, 1.807) is 23.9 Å². The molecule has 0 spiro atoms. The summed E-state index contributed by atoms with van der Waals surface area (Å²) in [6.07, 6.45) is 2.02. The molecule has 0 saturated carbocycles. The molecular weight excluding hydrogens is 344 g/mol. The first-order chi connectivity index (χ1) is 12.6. The van der Waals surface area contributed by atoms with Crippen molar-refractivity contribution < 1.29 is 0 Å². The number of nitrogen functional groups attached to an aromatic ring is 1. The molecule has 0 radical (unpaired) electrons. The van der Waals surface area contributed by atoms with Crippen molar-refractivity contribution >= 4 is 17.6 Å². The Bertz CT molecular complexity index is 1100. The van der Waals surface area contributed by atoms with Crippen LogP contribution >= 0.6 is 11.8 Å². The Balaban J connectivity index is 2.11. The molecule has 0 atom stereocenters. The number of nitriles is 2. The number of pyridine rings is 1. The zero-order valence-electron chi connectivity index (χ0n) is 13.9. The molecule has 0 aliphatic rings. The zero-order valence-corrected chi connectivity index (χ0v) is 14.7. The van der Waals surface area contributed by atoms with Crippen molar-refractivity contribution in [3.05, 3.63) is 70.0 Å². The molecule has 26 heavy (non-hydrogen) atoms. The van der Waals surface area contributed by atoms with E-state index in [0.717, 1.165) is 11.1 Å². The van der Waals surface area contributed by atoms with E-state index in [0.29, 0.717) is 5.56 Å². The normalized spacial score (nSPS) is 10.1. The lowest BCUT2D eigenvalue weighted by atomic mass is 9.95. The summed E-state index contributed by atoms with van der Waals surface area (Å²) in [5.74, 6) is -0.0387. The second kappa shape index (κ2) is 7.18. The minimum absolute atomic E-state index is 0.0387. The second-order valence-electron chi connectivity index (χ2n) is 5.52. The van der Waals surface area contributed by atoms with E-state index >= 15 is 0 Å². The summed E-state index contributed by atoms with van der Waals surface area (Å²) in [7, 11) is 0. The maximum Gasteiger partial charge on any atom is 0.268 e. The number of hydrogen-bond donors (Lipinski definition) is 2. The highest BCUT2D eigenvalue weighted by molar-refractivity contribution is 7.98. The number of nitrogens with two attached hydrogens (primary N) is 1. The van der Waals surface area contributed by atoms with Gasteiger partial charge in [0.1, 0.15) is 29.1 Å². The van der Waals surface area contributed by atoms with Gasteiger partial charge in [-0.25, -0.2) is 0 Å². The molecule has 126 valence electrons. The Morgan fingerprint density at radius 3 is 1.88 bits per heavy atom. The summed E-state index contributed by atoms with van der Waals surface area (Å²) in [6.45, 7) is 0. The van der Waals surface area contributed by atoms with E-state index in [4.69, 9.17) is 5.73 Å². The molecule has 0 unspecified atom stereocenters. The number of nitrogens with one attached hydrogen (secondary N) is 1. The SMILES string of the molecule is CSc1ccc(-c2ccc(-c3c(C#N)c(N)[nH]c(=O)c3C#N)cc2)cc1. The van der Waals surface area contributed by atoms with Crippen LogP contribution in [0.2, 0.25) is 0 Å². The predicted octanol–water partition coefficient (Wildman–Crippen LogP) is 3.76. The Labute approximate surface area is 154 Å². The predicted molar refractivity (Wildman–Crippen MR) is 104 cm³/mol. The van der Waals surface area contributed by atoms with Crippen molar-refractivity contribution in [1.29, 1.82) is 10.5 Å². The monoisotopic (exact) mass is 358 g/mol. The van der Waals surface area contributed by atoms with Gasteiger partial charge < -0.3 is 10.7 Å². The van der Waals surface area contributed by atoms with Crippen molar-refractivity contribution in [3.8, 4) is 34.4 Å². The first-order valence-corrected chi connectivity index (χ1v) is 8.92. The molecule has 3 aromatic rings. The summed E-state index contributed by atoms with van der Waals surface area (Å²) < 4.78 is 0. The molecule has 0 aliphatic carbocycles. The first-order valence-electron chi connectivity index (χ1n) is 7.70. The summed E-state index contributed by atoms with van der Waals surface area (Å²) in [4.78, 5) is 15.5. The number of nitrogens with zero attached hydrogens (tertiary/aromatic N) is 2. The van der Waals surface area contributed by atoms with Gasteiger partial charge in [0.25, 0.3) is 5.56 Å². The topological polar surface area (TPSA) is 106 Å². The lowest BCUT2D eigenvalue weighted by molar-refractivity contribution is 1.21. The van der Waals surface area contributed by atoms with E-state index in [1.165, 1.54) is 4.90 Å². The Morgan fingerprint density at radius 2 is 1.38 bits per heavy atom. The van der Waals surface area contributed by atoms with Gasteiger partial charge in [-0.05, 0) is 35.1 Å². The lowest BCUT2D eigenvalue weighted by Crippen LogP contribution is -2.16. The van der Waals surface area contributed by atoms with Crippen LogP contribution in [0.25, 0.3) is 22.3 Å². The number of benzene rings is 2. The van der Waals surface area contributed by atoms with Crippen LogP contribution in [0.5, 0.6) is 0 Å². The van der Waals surface area contributed by atoms with Gasteiger partial charge in [0, 0.05) is 10.5 Å². The van der Waals surface area contributed by atoms with Gasteiger partial charge in [0.15, 0.2) is 0 Å². The largest absolute Gasteiger partial charge is 0.384 e. The number of aromatic nitrogens is 1. The Kier molecular flexibility index (Phi) is 4.79. The van der Waals surface area contributed by atoms with Gasteiger partial charge in [0.05, 0.1) is 0 Å². The molecule has 0 fully saturated rings. The van der Waals surface area contributed by atoms with Gasteiger partial charge in [-0.1, -0.05) is 36.4 Å². The van der Waals surface area contributed by atoms with Gasteiger partial charge in [-0.2, -0.15) is 10.5 Å². The first kappa shape index (κ1) is 17.3. The minimum atomic E-state index is -0.601. The molecule has 1 aromatic heterocycles. The molecule has 5 nitrogen and oxygen atoms in total. The number of rotatable bonds is 3. The second-order valence-corrected chi connectivity index (χ2v) is 6.40. The molecule has 0 bridgehead atoms. The molecule has 6 heteroatoms. The van der Waals surface area contributed by atoms with Crippen molar-refractivity contribution in [2.75, 3.05) is 12.0 Å². The van der Waals surface area contributed by atoms with Crippen LogP contribution in [0, 0.1) is 22.7 Å². The van der Waals surface area contributed by atoms with Crippen LogP contribution in [0.4, 0.5) is 5.82 Å². The van der Waals surface area contributed by atoms with Crippen LogP contribution in [-0.2, 0) is 0 Å². The maximum atomic E-state index is 12.0. The lowest BCUT2D eigenvalue weighted by Gasteiger charge is -2.10. The molecule has 0 aliphatic heterocycles. The van der Waals surface area contributed by atoms with Crippen LogP contribution in [0.3, 0.4) is 0 Å². The molecule has 0 amide bonds. The summed E-state index contributed by atoms with van der Waals surface area (Å²) in [6, 6.07) is 19.4. The van der Waals surface area contributed by atoms with E-state index in [2.05, 4.69) is 4.98 Å².